The molecule has 110 valence electrons. The third kappa shape index (κ3) is 2.27. The van der Waals surface area contributed by atoms with Gasteiger partial charge >= 0.3 is 0 Å². The van der Waals surface area contributed by atoms with E-state index in [9.17, 15) is 13.6 Å². The number of halogens is 3. The highest BCUT2D eigenvalue weighted by Crippen LogP contribution is 2.52. The smallest absolute Gasteiger partial charge is 0.251 e. The second kappa shape index (κ2) is 4.49. The van der Waals surface area contributed by atoms with Crippen molar-refractivity contribution in [1.82, 2.24) is 10.1 Å². The Labute approximate surface area is 123 Å². The van der Waals surface area contributed by atoms with Gasteiger partial charge in [0.1, 0.15) is 5.41 Å². The zero-order valence-electron chi connectivity index (χ0n) is 10.6. The van der Waals surface area contributed by atoms with Crippen molar-refractivity contribution in [3.05, 3.63) is 35.2 Å². The highest BCUT2D eigenvalue weighted by molar-refractivity contribution is 6.30. The van der Waals surface area contributed by atoms with Gasteiger partial charge in [-0.05, 0) is 24.3 Å². The number of nitrogens with two attached hydrogens (primary N) is 1. The maximum atomic E-state index is 13.1. The third-order valence-electron chi connectivity index (χ3n) is 3.53. The van der Waals surface area contributed by atoms with Gasteiger partial charge in [0.15, 0.2) is 0 Å². The molecule has 1 aliphatic carbocycles. The lowest BCUT2D eigenvalue weighted by molar-refractivity contribution is -0.160. The van der Waals surface area contributed by atoms with Crippen LogP contribution in [0.1, 0.15) is 18.7 Å². The Morgan fingerprint density at radius 3 is 2.43 bits per heavy atom. The fourth-order valence-corrected chi connectivity index (χ4v) is 2.52. The predicted molar refractivity (Wildman–Crippen MR) is 69.8 cm³/mol. The first-order valence-electron chi connectivity index (χ1n) is 6.10. The Hall–Kier alpha value is -2.02. The van der Waals surface area contributed by atoms with Gasteiger partial charge in [-0.3, -0.25) is 4.79 Å². The van der Waals surface area contributed by atoms with Crippen LogP contribution in [0.25, 0.3) is 11.4 Å². The number of aromatic nitrogens is 2. The van der Waals surface area contributed by atoms with E-state index < -0.39 is 30.1 Å². The Kier molecular flexibility index (Phi) is 2.98. The molecular formula is C13H10ClF2N3O2. The molecule has 21 heavy (non-hydrogen) atoms. The number of carbonyl (C=O) groups excluding carboxylic acids is 1. The molecule has 1 aliphatic rings. The second-order valence-corrected chi connectivity index (χ2v) is 5.52. The molecule has 8 heteroatoms. The van der Waals surface area contributed by atoms with Gasteiger partial charge < -0.3 is 10.3 Å². The van der Waals surface area contributed by atoms with Crippen molar-refractivity contribution >= 4 is 17.5 Å². The van der Waals surface area contributed by atoms with Crippen LogP contribution in [0.15, 0.2) is 28.8 Å². The SMILES string of the molecule is NC(=O)C1(c2nc(-c3ccc(Cl)cc3)no2)CC(F)(F)C1. The van der Waals surface area contributed by atoms with Crippen LogP contribution in [0.5, 0.6) is 0 Å². The van der Waals surface area contributed by atoms with E-state index in [1.807, 2.05) is 0 Å². The molecule has 0 unspecified atom stereocenters. The van der Waals surface area contributed by atoms with E-state index in [0.717, 1.165) is 0 Å². The summed E-state index contributed by atoms with van der Waals surface area (Å²) in [5, 5.41) is 4.25. The van der Waals surface area contributed by atoms with Gasteiger partial charge in [-0.2, -0.15) is 4.98 Å². The van der Waals surface area contributed by atoms with Crippen molar-refractivity contribution < 1.29 is 18.1 Å². The van der Waals surface area contributed by atoms with Crippen molar-refractivity contribution in [1.29, 1.82) is 0 Å². The molecule has 0 saturated heterocycles. The van der Waals surface area contributed by atoms with Crippen molar-refractivity contribution in [3.8, 4) is 11.4 Å². The zero-order valence-corrected chi connectivity index (χ0v) is 11.4. The molecule has 1 amide bonds. The number of benzene rings is 1. The third-order valence-corrected chi connectivity index (χ3v) is 3.78. The Morgan fingerprint density at radius 2 is 1.90 bits per heavy atom. The number of nitrogens with zero attached hydrogens (tertiary/aromatic N) is 2. The number of primary amides is 1. The highest BCUT2D eigenvalue weighted by Gasteiger charge is 2.64. The average molecular weight is 314 g/mol. The molecule has 0 spiro atoms. The largest absolute Gasteiger partial charge is 0.369 e. The quantitative estimate of drug-likeness (QED) is 0.944. The van der Waals surface area contributed by atoms with Crippen LogP contribution < -0.4 is 5.73 Å². The van der Waals surface area contributed by atoms with E-state index in [2.05, 4.69) is 10.1 Å². The molecule has 1 aromatic heterocycles. The highest BCUT2D eigenvalue weighted by atomic mass is 35.5. The molecule has 5 nitrogen and oxygen atoms in total. The zero-order chi connectivity index (χ0) is 15.3. The van der Waals surface area contributed by atoms with Gasteiger partial charge in [0.05, 0.1) is 0 Å². The number of amides is 1. The standard InChI is InChI=1S/C13H10ClF2N3O2/c14-8-3-1-7(2-4-8)9-18-11(21-19-9)12(10(17)20)5-13(15,16)6-12/h1-4H,5-6H2,(H2,17,20). The molecule has 2 aromatic rings. The number of rotatable bonds is 3. The summed E-state index contributed by atoms with van der Waals surface area (Å²) >= 11 is 5.77. The van der Waals surface area contributed by atoms with Gasteiger partial charge in [-0.25, -0.2) is 8.78 Å². The van der Waals surface area contributed by atoms with Gasteiger partial charge in [0.2, 0.25) is 17.6 Å². The van der Waals surface area contributed by atoms with Gasteiger partial charge in [0.25, 0.3) is 5.92 Å². The molecule has 1 heterocycles. The van der Waals surface area contributed by atoms with Crippen LogP contribution in [0.2, 0.25) is 5.02 Å². The van der Waals surface area contributed by atoms with E-state index in [4.69, 9.17) is 21.9 Å². The van der Waals surface area contributed by atoms with E-state index in [1.165, 1.54) is 0 Å². The summed E-state index contributed by atoms with van der Waals surface area (Å²) < 4.78 is 31.3. The topological polar surface area (TPSA) is 82.0 Å². The van der Waals surface area contributed by atoms with Crippen LogP contribution in [0, 0.1) is 0 Å². The lowest BCUT2D eigenvalue weighted by atomic mass is 9.65. The van der Waals surface area contributed by atoms with Crippen molar-refractivity contribution in [2.24, 2.45) is 5.73 Å². The monoisotopic (exact) mass is 313 g/mol. The number of hydrogen-bond donors (Lipinski definition) is 1. The lowest BCUT2D eigenvalue weighted by Gasteiger charge is -2.41. The summed E-state index contributed by atoms with van der Waals surface area (Å²) in [5.41, 5.74) is 4.25. The molecule has 1 aromatic carbocycles. The normalized spacial score (nSPS) is 19.0. The first kappa shape index (κ1) is 13.9. The van der Waals surface area contributed by atoms with Crippen LogP contribution >= 0.6 is 11.6 Å². The second-order valence-electron chi connectivity index (χ2n) is 5.09. The number of hydrogen-bond acceptors (Lipinski definition) is 4. The Bertz CT molecular complexity index is 692. The summed E-state index contributed by atoms with van der Waals surface area (Å²) in [6, 6.07) is 6.58. The van der Waals surface area contributed by atoms with Crippen LogP contribution in [0.3, 0.4) is 0 Å². The molecule has 1 fully saturated rings. The number of carbonyl (C=O) groups is 1. The van der Waals surface area contributed by atoms with Gasteiger partial charge in [-0.15, -0.1) is 0 Å². The number of alkyl halides is 2. The molecule has 2 N–H and O–H groups in total. The van der Waals surface area contributed by atoms with Crippen molar-refractivity contribution in [3.63, 3.8) is 0 Å². The van der Waals surface area contributed by atoms with Crippen LogP contribution in [-0.4, -0.2) is 22.0 Å². The summed E-state index contributed by atoms with van der Waals surface area (Å²) in [5.74, 6) is -3.81. The van der Waals surface area contributed by atoms with Crippen molar-refractivity contribution in [2.75, 3.05) is 0 Å². The lowest BCUT2D eigenvalue weighted by Crippen LogP contribution is -2.57. The summed E-state index contributed by atoms with van der Waals surface area (Å²) in [7, 11) is 0. The van der Waals surface area contributed by atoms with Crippen LogP contribution in [-0.2, 0) is 10.2 Å². The fourth-order valence-electron chi connectivity index (χ4n) is 2.40. The van der Waals surface area contributed by atoms with E-state index in [0.29, 0.717) is 10.6 Å². The minimum Gasteiger partial charge on any atom is -0.369 e. The minimum absolute atomic E-state index is 0.175. The molecule has 1 saturated carbocycles. The van der Waals surface area contributed by atoms with E-state index in [-0.39, 0.29) is 11.7 Å². The molecule has 0 aliphatic heterocycles. The van der Waals surface area contributed by atoms with E-state index >= 15 is 0 Å². The van der Waals surface area contributed by atoms with Gasteiger partial charge in [0, 0.05) is 23.4 Å². The first-order chi connectivity index (χ1) is 9.82. The van der Waals surface area contributed by atoms with E-state index in [1.54, 1.807) is 24.3 Å². The Balaban J connectivity index is 1.94. The molecular weight excluding hydrogens is 304 g/mol. The Morgan fingerprint density at radius 1 is 1.29 bits per heavy atom. The molecule has 3 rings (SSSR count). The summed E-state index contributed by atoms with van der Waals surface area (Å²) in [6.07, 6.45) is -1.42. The molecule has 0 radical (unpaired) electrons. The minimum atomic E-state index is -2.94. The predicted octanol–water partition coefficient (Wildman–Crippen LogP) is 2.54. The first-order valence-corrected chi connectivity index (χ1v) is 6.48. The molecule has 0 bridgehead atoms. The van der Waals surface area contributed by atoms with Crippen molar-refractivity contribution in [2.45, 2.75) is 24.2 Å². The molecule has 0 atom stereocenters. The van der Waals surface area contributed by atoms with Gasteiger partial charge in [-0.1, -0.05) is 16.8 Å². The maximum Gasteiger partial charge on any atom is 0.251 e. The summed E-state index contributed by atoms with van der Waals surface area (Å²) in [6.45, 7) is 0. The average Bonchev–Trinajstić information content (AvgIpc) is 2.85. The summed E-state index contributed by atoms with van der Waals surface area (Å²) in [4.78, 5) is 15.6. The fraction of sp³-hybridized carbons (Fsp3) is 0.308. The maximum absolute atomic E-state index is 13.1. The van der Waals surface area contributed by atoms with Crippen LogP contribution in [0.4, 0.5) is 8.78 Å².